The maximum atomic E-state index is 12.0. The Balaban J connectivity index is 1.99. The predicted molar refractivity (Wildman–Crippen MR) is 63.1 cm³/mol. The summed E-state index contributed by atoms with van der Waals surface area (Å²) >= 11 is 0. The summed E-state index contributed by atoms with van der Waals surface area (Å²) < 4.78 is 1.74. The van der Waals surface area contributed by atoms with E-state index in [0.29, 0.717) is 6.42 Å². The van der Waals surface area contributed by atoms with Crippen molar-refractivity contribution < 1.29 is 4.79 Å². The summed E-state index contributed by atoms with van der Waals surface area (Å²) in [7, 11) is 1.87. The van der Waals surface area contributed by atoms with Gasteiger partial charge in [0.15, 0.2) is 5.78 Å². The van der Waals surface area contributed by atoms with Crippen LogP contribution in [0.15, 0.2) is 23.9 Å². The summed E-state index contributed by atoms with van der Waals surface area (Å²) in [5.41, 5.74) is 1.89. The van der Waals surface area contributed by atoms with Crippen molar-refractivity contribution in [3.8, 4) is 0 Å². The first-order valence-electron chi connectivity index (χ1n) is 5.96. The highest BCUT2D eigenvalue weighted by Gasteiger charge is 2.13. The van der Waals surface area contributed by atoms with E-state index in [9.17, 15) is 4.79 Å². The first kappa shape index (κ1) is 11.1. The molecule has 0 fully saturated rings. The van der Waals surface area contributed by atoms with Gasteiger partial charge in [-0.25, -0.2) is 0 Å². The van der Waals surface area contributed by atoms with Crippen LogP contribution >= 0.6 is 0 Å². The summed E-state index contributed by atoms with van der Waals surface area (Å²) in [5.74, 6) is 0.251. The minimum Gasteiger partial charge on any atom is -0.294 e. The van der Waals surface area contributed by atoms with E-state index in [1.165, 1.54) is 12.8 Å². The van der Waals surface area contributed by atoms with E-state index in [0.717, 1.165) is 30.5 Å². The van der Waals surface area contributed by atoms with Crippen LogP contribution in [0.5, 0.6) is 0 Å². The van der Waals surface area contributed by atoms with E-state index in [1.807, 2.05) is 19.3 Å². The van der Waals surface area contributed by atoms with Crippen LogP contribution in [0, 0.1) is 0 Å². The van der Waals surface area contributed by atoms with Crippen LogP contribution in [0.25, 0.3) is 0 Å². The molecule has 2 rings (SSSR count). The van der Waals surface area contributed by atoms with E-state index >= 15 is 0 Å². The second kappa shape index (κ2) is 5.10. The normalized spacial score (nSPS) is 16.7. The highest BCUT2D eigenvalue weighted by Crippen LogP contribution is 2.18. The Bertz CT molecular complexity index is 404. The number of carbonyl (C=O) groups is 1. The third-order valence-electron chi connectivity index (χ3n) is 3.01. The van der Waals surface area contributed by atoms with Gasteiger partial charge in [-0.15, -0.1) is 0 Å². The lowest BCUT2D eigenvalue weighted by molar-refractivity contribution is -0.115. The molecule has 0 atom stereocenters. The molecule has 1 aliphatic rings. The molecule has 3 nitrogen and oxygen atoms in total. The van der Waals surface area contributed by atoms with Gasteiger partial charge in [-0.2, -0.15) is 5.10 Å². The van der Waals surface area contributed by atoms with Crippen LogP contribution in [0.2, 0.25) is 0 Å². The monoisotopic (exact) mass is 218 g/mol. The first-order chi connectivity index (χ1) is 7.75. The second-order valence-corrected chi connectivity index (χ2v) is 4.41. The Morgan fingerprint density at radius 3 is 3.06 bits per heavy atom. The fraction of sp³-hybridized carbons (Fsp3) is 0.538. The molecule has 0 spiro atoms. The molecular weight excluding hydrogens is 200 g/mol. The Hall–Kier alpha value is -1.38. The zero-order chi connectivity index (χ0) is 11.4. The summed E-state index contributed by atoms with van der Waals surface area (Å²) in [6, 6.07) is 1.91. The quantitative estimate of drug-likeness (QED) is 0.781. The van der Waals surface area contributed by atoms with Gasteiger partial charge in [-0.05, 0) is 37.3 Å². The molecular formula is C13H18N2O. The molecule has 0 aromatic carbocycles. The topological polar surface area (TPSA) is 34.9 Å². The maximum absolute atomic E-state index is 12.0. The first-order valence-corrected chi connectivity index (χ1v) is 5.96. The predicted octanol–water partition coefficient (Wildman–Crippen LogP) is 2.42. The summed E-state index contributed by atoms with van der Waals surface area (Å²) in [5, 5.41) is 4.24. The molecule has 0 saturated carbocycles. The molecule has 0 bridgehead atoms. The van der Waals surface area contributed by atoms with Gasteiger partial charge < -0.3 is 0 Å². The van der Waals surface area contributed by atoms with Crippen molar-refractivity contribution in [3.05, 3.63) is 29.6 Å². The SMILES string of the molecule is Cn1ccc(CC(=O)C2=CCCCCC2)n1. The third kappa shape index (κ3) is 2.81. The van der Waals surface area contributed by atoms with Crippen molar-refractivity contribution >= 4 is 5.78 Å². The molecule has 86 valence electrons. The van der Waals surface area contributed by atoms with Crippen molar-refractivity contribution in [2.24, 2.45) is 7.05 Å². The van der Waals surface area contributed by atoms with Crippen LogP contribution in [-0.4, -0.2) is 15.6 Å². The number of hydrogen-bond donors (Lipinski definition) is 0. The van der Waals surface area contributed by atoms with Crippen LogP contribution in [-0.2, 0) is 18.3 Å². The largest absolute Gasteiger partial charge is 0.294 e. The highest BCUT2D eigenvalue weighted by atomic mass is 16.1. The van der Waals surface area contributed by atoms with Gasteiger partial charge >= 0.3 is 0 Å². The Morgan fingerprint density at radius 1 is 1.44 bits per heavy atom. The number of ketones is 1. The standard InChI is InChI=1S/C13H18N2O/c1-15-9-8-12(14-15)10-13(16)11-6-4-2-3-5-7-11/h6,8-9H,2-5,7,10H2,1H3. The van der Waals surface area contributed by atoms with Gasteiger partial charge in [0.1, 0.15) is 0 Å². The zero-order valence-electron chi connectivity index (χ0n) is 9.78. The van der Waals surface area contributed by atoms with Crippen molar-refractivity contribution in [3.63, 3.8) is 0 Å². The van der Waals surface area contributed by atoms with Gasteiger partial charge in [0.05, 0.1) is 12.1 Å². The van der Waals surface area contributed by atoms with Crippen molar-refractivity contribution in [1.29, 1.82) is 0 Å². The van der Waals surface area contributed by atoms with Crippen LogP contribution < -0.4 is 0 Å². The molecule has 0 unspecified atom stereocenters. The van der Waals surface area contributed by atoms with Gasteiger partial charge in [0.2, 0.25) is 0 Å². The Kier molecular flexibility index (Phi) is 3.54. The minimum atomic E-state index is 0.251. The highest BCUT2D eigenvalue weighted by molar-refractivity contribution is 5.96. The van der Waals surface area contributed by atoms with Gasteiger partial charge in [-0.1, -0.05) is 12.5 Å². The number of Topliss-reactive ketones (excluding diaryl/α,β-unsaturated/α-hetero) is 1. The van der Waals surface area contributed by atoms with Crippen molar-refractivity contribution in [2.75, 3.05) is 0 Å². The van der Waals surface area contributed by atoms with Crippen LogP contribution in [0.4, 0.5) is 0 Å². The third-order valence-corrected chi connectivity index (χ3v) is 3.01. The fourth-order valence-corrected chi connectivity index (χ4v) is 2.10. The van der Waals surface area contributed by atoms with Gasteiger partial charge in [0, 0.05) is 13.2 Å². The molecule has 3 heteroatoms. The molecule has 16 heavy (non-hydrogen) atoms. The average Bonchev–Trinajstić information content (AvgIpc) is 2.56. The van der Waals surface area contributed by atoms with E-state index in [4.69, 9.17) is 0 Å². The second-order valence-electron chi connectivity index (χ2n) is 4.41. The molecule has 1 aromatic rings. The lowest BCUT2D eigenvalue weighted by Gasteiger charge is -2.02. The van der Waals surface area contributed by atoms with E-state index in [1.54, 1.807) is 4.68 Å². The van der Waals surface area contributed by atoms with E-state index < -0.39 is 0 Å². The number of hydrogen-bond acceptors (Lipinski definition) is 2. The Morgan fingerprint density at radius 2 is 2.31 bits per heavy atom. The molecule has 1 heterocycles. The number of aryl methyl sites for hydroxylation is 1. The number of rotatable bonds is 3. The van der Waals surface area contributed by atoms with Crippen LogP contribution in [0.3, 0.4) is 0 Å². The zero-order valence-corrected chi connectivity index (χ0v) is 9.78. The van der Waals surface area contributed by atoms with Crippen LogP contribution in [0.1, 0.15) is 37.8 Å². The summed E-state index contributed by atoms with van der Waals surface area (Å²) in [6.45, 7) is 0. The molecule has 1 aliphatic carbocycles. The van der Waals surface area contributed by atoms with E-state index in [-0.39, 0.29) is 5.78 Å². The molecule has 0 amide bonds. The van der Waals surface area contributed by atoms with E-state index in [2.05, 4.69) is 11.2 Å². The lowest BCUT2D eigenvalue weighted by atomic mass is 10.0. The average molecular weight is 218 g/mol. The number of aromatic nitrogens is 2. The maximum Gasteiger partial charge on any atom is 0.164 e. The van der Waals surface area contributed by atoms with Gasteiger partial charge in [-0.3, -0.25) is 9.48 Å². The molecule has 0 radical (unpaired) electrons. The number of nitrogens with zero attached hydrogens (tertiary/aromatic N) is 2. The number of allylic oxidation sites excluding steroid dienone is 2. The van der Waals surface area contributed by atoms with Crippen molar-refractivity contribution in [2.45, 2.75) is 38.5 Å². The fourth-order valence-electron chi connectivity index (χ4n) is 2.10. The smallest absolute Gasteiger partial charge is 0.164 e. The van der Waals surface area contributed by atoms with Gasteiger partial charge in [0.25, 0.3) is 0 Å². The molecule has 0 aliphatic heterocycles. The molecule has 0 saturated heterocycles. The molecule has 1 aromatic heterocycles. The summed E-state index contributed by atoms with van der Waals surface area (Å²) in [6.07, 6.45) is 10.1. The summed E-state index contributed by atoms with van der Waals surface area (Å²) in [4.78, 5) is 12.0. The number of carbonyl (C=O) groups excluding carboxylic acids is 1. The van der Waals surface area contributed by atoms with Crippen molar-refractivity contribution in [1.82, 2.24) is 9.78 Å². The Labute approximate surface area is 96.2 Å². The molecule has 0 N–H and O–H groups in total. The lowest BCUT2D eigenvalue weighted by Crippen LogP contribution is -2.07. The minimum absolute atomic E-state index is 0.251.